The minimum absolute atomic E-state index is 0.132. The number of nitrogens with zero attached hydrogens (tertiary/aromatic N) is 3. The van der Waals surface area contributed by atoms with E-state index in [1.54, 1.807) is 0 Å². The molecule has 32 heavy (non-hydrogen) atoms. The lowest BCUT2D eigenvalue weighted by atomic mass is 10.0. The van der Waals surface area contributed by atoms with Crippen molar-refractivity contribution in [3.05, 3.63) is 71.9 Å². The number of piperazine rings is 1. The minimum atomic E-state index is 0.132. The Balaban J connectivity index is 1.22. The number of amides is 1. The van der Waals surface area contributed by atoms with Gasteiger partial charge in [-0.25, -0.2) is 0 Å². The lowest BCUT2D eigenvalue weighted by Crippen LogP contribution is -2.55. The Morgan fingerprint density at radius 1 is 1.06 bits per heavy atom. The van der Waals surface area contributed by atoms with Crippen LogP contribution in [0.25, 0.3) is 0 Å². The smallest absolute Gasteiger partial charge is 0.254 e. The number of anilines is 2. The highest BCUT2D eigenvalue weighted by Gasteiger charge is 2.30. The Bertz CT molecular complexity index is 965. The molecule has 0 N–H and O–H groups in total. The fourth-order valence-corrected chi connectivity index (χ4v) is 5.18. The third-order valence-corrected chi connectivity index (χ3v) is 6.94. The second-order valence-electron chi connectivity index (χ2n) is 9.23. The van der Waals surface area contributed by atoms with Gasteiger partial charge in [0.15, 0.2) is 0 Å². The number of hydrogen-bond acceptors (Lipinski definition) is 4. The molecule has 2 aromatic rings. The predicted octanol–water partition coefficient (Wildman–Crippen LogP) is 4.61. The lowest BCUT2D eigenvalue weighted by molar-refractivity contribution is -0.0187. The SMILES string of the molecule is C[C@@H]1CN(CC2CCCCO2)CCN1C(=O)c1ccc(N2C=CCc3ccccc32)cc1. The summed E-state index contributed by atoms with van der Waals surface area (Å²) in [6, 6.07) is 16.7. The summed E-state index contributed by atoms with van der Waals surface area (Å²) < 4.78 is 5.91. The number of para-hydroxylation sites is 1. The third kappa shape index (κ3) is 4.45. The maximum absolute atomic E-state index is 13.2. The standard InChI is InChI=1S/C27H33N3O2/c1-21-19-28(20-25-9-4-5-18-32-25)16-17-29(21)27(31)23-11-13-24(14-12-23)30-15-6-8-22-7-2-3-10-26(22)30/h2-3,6-7,10-15,21,25H,4-5,8-9,16-20H2,1H3/t21-,25?/m1/s1. The maximum Gasteiger partial charge on any atom is 0.254 e. The number of fused-ring (bicyclic) bond motifs is 1. The van der Waals surface area contributed by atoms with Crippen LogP contribution in [0.15, 0.2) is 60.8 Å². The number of rotatable bonds is 4. The summed E-state index contributed by atoms with van der Waals surface area (Å²) in [6.45, 7) is 6.66. The van der Waals surface area contributed by atoms with Crippen molar-refractivity contribution in [3.8, 4) is 0 Å². The molecule has 0 spiro atoms. The molecule has 168 valence electrons. The van der Waals surface area contributed by atoms with E-state index < -0.39 is 0 Å². The average molecular weight is 432 g/mol. The van der Waals surface area contributed by atoms with E-state index in [0.29, 0.717) is 6.10 Å². The van der Waals surface area contributed by atoms with Crippen molar-refractivity contribution in [1.29, 1.82) is 0 Å². The highest BCUT2D eigenvalue weighted by molar-refractivity contribution is 5.95. The van der Waals surface area contributed by atoms with Gasteiger partial charge in [0.05, 0.1) is 6.10 Å². The first-order valence-corrected chi connectivity index (χ1v) is 12.0. The van der Waals surface area contributed by atoms with Crippen LogP contribution in [0.4, 0.5) is 11.4 Å². The van der Waals surface area contributed by atoms with Crippen molar-refractivity contribution in [2.45, 2.75) is 44.8 Å². The second-order valence-corrected chi connectivity index (χ2v) is 9.23. The normalized spacial score (nSPS) is 23.8. The second kappa shape index (κ2) is 9.47. The Kier molecular flexibility index (Phi) is 6.28. The van der Waals surface area contributed by atoms with Crippen molar-refractivity contribution in [2.75, 3.05) is 37.7 Å². The fourth-order valence-electron chi connectivity index (χ4n) is 5.18. The van der Waals surface area contributed by atoms with E-state index in [2.05, 4.69) is 65.4 Å². The summed E-state index contributed by atoms with van der Waals surface area (Å²) >= 11 is 0. The van der Waals surface area contributed by atoms with Gasteiger partial charge in [0.2, 0.25) is 0 Å². The summed E-state index contributed by atoms with van der Waals surface area (Å²) in [6.07, 6.45) is 9.25. The molecule has 1 unspecified atom stereocenters. The first-order valence-electron chi connectivity index (χ1n) is 12.0. The number of carbonyl (C=O) groups is 1. The maximum atomic E-state index is 13.2. The zero-order valence-corrected chi connectivity index (χ0v) is 19.0. The van der Waals surface area contributed by atoms with Crippen LogP contribution in [0.3, 0.4) is 0 Å². The summed E-state index contributed by atoms with van der Waals surface area (Å²) in [5, 5.41) is 0. The molecule has 2 fully saturated rings. The molecule has 2 saturated heterocycles. The van der Waals surface area contributed by atoms with Gasteiger partial charge in [-0.05, 0) is 68.5 Å². The van der Waals surface area contributed by atoms with E-state index in [4.69, 9.17) is 4.74 Å². The van der Waals surface area contributed by atoms with Crippen molar-refractivity contribution >= 4 is 17.3 Å². The molecule has 0 aliphatic carbocycles. The largest absolute Gasteiger partial charge is 0.377 e. The highest BCUT2D eigenvalue weighted by Crippen LogP contribution is 2.32. The topological polar surface area (TPSA) is 36.0 Å². The molecule has 0 radical (unpaired) electrons. The molecule has 0 aromatic heterocycles. The number of benzene rings is 2. The molecule has 2 aromatic carbocycles. The Labute approximate surface area is 191 Å². The Morgan fingerprint density at radius 2 is 1.91 bits per heavy atom. The van der Waals surface area contributed by atoms with E-state index in [0.717, 1.165) is 56.9 Å². The van der Waals surface area contributed by atoms with Gasteiger partial charge in [-0.1, -0.05) is 24.3 Å². The first-order chi connectivity index (χ1) is 15.7. The molecule has 0 saturated carbocycles. The van der Waals surface area contributed by atoms with Crippen LogP contribution in [0.1, 0.15) is 42.1 Å². The van der Waals surface area contributed by atoms with Crippen molar-refractivity contribution in [1.82, 2.24) is 9.80 Å². The van der Waals surface area contributed by atoms with Crippen molar-refractivity contribution < 1.29 is 9.53 Å². The molecule has 3 heterocycles. The lowest BCUT2D eigenvalue weighted by Gasteiger charge is -2.41. The molecule has 3 aliphatic rings. The number of hydrogen-bond donors (Lipinski definition) is 0. The van der Waals surface area contributed by atoms with E-state index >= 15 is 0 Å². The Morgan fingerprint density at radius 3 is 2.69 bits per heavy atom. The van der Waals surface area contributed by atoms with E-state index in [1.807, 2.05) is 17.0 Å². The van der Waals surface area contributed by atoms with Crippen LogP contribution >= 0.6 is 0 Å². The van der Waals surface area contributed by atoms with Gasteiger partial charge in [-0.15, -0.1) is 0 Å². The molecule has 0 bridgehead atoms. The quantitative estimate of drug-likeness (QED) is 0.708. The zero-order chi connectivity index (χ0) is 21.9. The molecule has 5 nitrogen and oxygen atoms in total. The molecule has 3 aliphatic heterocycles. The summed E-state index contributed by atoms with van der Waals surface area (Å²) in [7, 11) is 0. The average Bonchev–Trinajstić information content (AvgIpc) is 2.84. The van der Waals surface area contributed by atoms with Crippen molar-refractivity contribution in [3.63, 3.8) is 0 Å². The van der Waals surface area contributed by atoms with Gasteiger partial charge in [0.25, 0.3) is 5.91 Å². The fraction of sp³-hybridized carbons (Fsp3) is 0.444. The Hall–Kier alpha value is -2.63. The summed E-state index contributed by atoms with van der Waals surface area (Å²) in [4.78, 5) is 19.9. The van der Waals surface area contributed by atoms with E-state index in [-0.39, 0.29) is 11.9 Å². The zero-order valence-electron chi connectivity index (χ0n) is 19.0. The summed E-state index contributed by atoms with van der Waals surface area (Å²) in [5.74, 6) is 0.132. The van der Waals surface area contributed by atoms with Crippen LogP contribution < -0.4 is 4.90 Å². The minimum Gasteiger partial charge on any atom is -0.377 e. The van der Waals surface area contributed by atoms with Gasteiger partial charge in [0, 0.05) is 62.0 Å². The van der Waals surface area contributed by atoms with Crippen LogP contribution in [-0.2, 0) is 11.2 Å². The number of carbonyl (C=O) groups excluding carboxylic acids is 1. The monoisotopic (exact) mass is 431 g/mol. The van der Waals surface area contributed by atoms with Crippen molar-refractivity contribution in [2.24, 2.45) is 0 Å². The molecular weight excluding hydrogens is 398 g/mol. The third-order valence-electron chi connectivity index (χ3n) is 6.94. The molecule has 5 heteroatoms. The van der Waals surface area contributed by atoms with Gasteiger partial charge >= 0.3 is 0 Å². The molecule has 5 rings (SSSR count). The summed E-state index contributed by atoms with van der Waals surface area (Å²) in [5.41, 5.74) is 4.37. The first kappa shape index (κ1) is 21.2. The van der Waals surface area contributed by atoms with Gasteiger partial charge in [0.1, 0.15) is 0 Å². The van der Waals surface area contributed by atoms with Gasteiger partial charge in [-0.2, -0.15) is 0 Å². The predicted molar refractivity (Wildman–Crippen MR) is 128 cm³/mol. The van der Waals surface area contributed by atoms with Crippen LogP contribution in [0.2, 0.25) is 0 Å². The molecule has 1 amide bonds. The van der Waals surface area contributed by atoms with E-state index in [9.17, 15) is 4.79 Å². The number of allylic oxidation sites excluding steroid dienone is 1. The van der Waals surface area contributed by atoms with E-state index in [1.165, 1.54) is 24.1 Å². The molecular formula is C27H33N3O2. The van der Waals surface area contributed by atoms with Crippen LogP contribution in [0, 0.1) is 0 Å². The molecule has 2 atom stereocenters. The van der Waals surface area contributed by atoms with Gasteiger partial charge < -0.3 is 14.5 Å². The highest BCUT2D eigenvalue weighted by atomic mass is 16.5. The van der Waals surface area contributed by atoms with Crippen LogP contribution in [0.5, 0.6) is 0 Å². The van der Waals surface area contributed by atoms with Gasteiger partial charge in [-0.3, -0.25) is 9.69 Å². The van der Waals surface area contributed by atoms with Crippen LogP contribution in [-0.4, -0.2) is 60.6 Å². The number of ether oxygens (including phenoxy) is 1.